The van der Waals surface area contributed by atoms with Crippen molar-refractivity contribution in [2.75, 3.05) is 19.6 Å². The van der Waals surface area contributed by atoms with Crippen molar-refractivity contribution < 1.29 is 9.90 Å². The summed E-state index contributed by atoms with van der Waals surface area (Å²) in [6.07, 6.45) is 5.34. The summed E-state index contributed by atoms with van der Waals surface area (Å²) >= 11 is 0. The van der Waals surface area contributed by atoms with Crippen LogP contribution in [0.25, 0.3) is 0 Å². The predicted octanol–water partition coefficient (Wildman–Crippen LogP) is 2.09. The van der Waals surface area contributed by atoms with Crippen LogP contribution in [0, 0.1) is 0 Å². The van der Waals surface area contributed by atoms with E-state index in [2.05, 4.69) is 24.1 Å². The molecular formula is C14H28N2O2. The minimum atomic E-state index is -0.781. The van der Waals surface area contributed by atoms with Crippen molar-refractivity contribution in [1.82, 2.24) is 10.2 Å². The van der Waals surface area contributed by atoms with E-state index in [1.807, 2.05) is 6.92 Å². The average molecular weight is 256 g/mol. The molecule has 0 amide bonds. The standard InChI is InChI=1S/C14H28N2O2/c1-4-9-15-14(3,13(17)18)8-11-16-10-6-7-12(16)5-2/h12,15H,4-11H2,1-3H3,(H,17,18). The fourth-order valence-electron chi connectivity index (χ4n) is 2.69. The Bertz CT molecular complexity index is 271. The third-order valence-corrected chi connectivity index (χ3v) is 4.11. The largest absolute Gasteiger partial charge is 0.480 e. The molecule has 0 aromatic rings. The summed E-state index contributed by atoms with van der Waals surface area (Å²) in [6.45, 7) is 8.86. The van der Waals surface area contributed by atoms with Gasteiger partial charge in [-0.15, -0.1) is 0 Å². The molecule has 0 radical (unpaired) electrons. The Hall–Kier alpha value is -0.610. The third-order valence-electron chi connectivity index (χ3n) is 4.11. The summed E-state index contributed by atoms with van der Waals surface area (Å²) in [5.41, 5.74) is -0.781. The van der Waals surface area contributed by atoms with Crippen LogP contribution < -0.4 is 5.32 Å². The van der Waals surface area contributed by atoms with E-state index in [-0.39, 0.29) is 0 Å². The number of rotatable bonds is 8. The Balaban J connectivity index is 2.48. The molecule has 0 aromatic carbocycles. The average Bonchev–Trinajstić information content (AvgIpc) is 2.81. The third kappa shape index (κ3) is 3.95. The second-order valence-corrected chi connectivity index (χ2v) is 5.55. The Kier molecular flexibility index (Phi) is 6.09. The van der Waals surface area contributed by atoms with Crippen LogP contribution in [-0.4, -0.2) is 47.2 Å². The van der Waals surface area contributed by atoms with E-state index in [1.165, 1.54) is 19.3 Å². The highest BCUT2D eigenvalue weighted by atomic mass is 16.4. The molecule has 4 nitrogen and oxygen atoms in total. The van der Waals surface area contributed by atoms with E-state index in [4.69, 9.17) is 0 Å². The highest BCUT2D eigenvalue weighted by Gasteiger charge is 2.33. The fourth-order valence-corrected chi connectivity index (χ4v) is 2.69. The molecule has 0 saturated carbocycles. The van der Waals surface area contributed by atoms with Crippen molar-refractivity contribution in [3.05, 3.63) is 0 Å². The zero-order valence-corrected chi connectivity index (χ0v) is 12.0. The lowest BCUT2D eigenvalue weighted by atomic mass is 9.97. The lowest BCUT2D eigenvalue weighted by Crippen LogP contribution is -2.51. The van der Waals surface area contributed by atoms with Crippen LogP contribution in [-0.2, 0) is 4.79 Å². The van der Waals surface area contributed by atoms with Gasteiger partial charge in [0.2, 0.25) is 0 Å². The number of nitrogens with zero attached hydrogens (tertiary/aromatic N) is 1. The van der Waals surface area contributed by atoms with Crippen LogP contribution in [0.3, 0.4) is 0 Å². The maximum atomic E-state index is 11.4. The van der Waals surface area contributed by atoms with Crippen molar-refractivity contribution in [2.24, 2.45) is 0 Å². The normalized spacial score (nSPS) is 24.1. The molecule has 1 rings (SSSR count). The molecule has 0 aliphatic carbocycles. The molecule has 2 atom stereocenters. The first-order chi connectivity index (χ1) is 8.53. The maximum Gasteiger partial charge on any atom is 0.323 e. The van der Waals surface area contributed by atoms with Gasteiger partial charge in [-0.3, -0.25) is 4.79 Å². The van der Waals surface area contributed by atoms with Gasteiger partial charge in [-0.05, 0) is 52.1 Å². The van der Waals surface area contributed by atoms with Gasteiger partial charge < -0.3 is 15.3 Å². The Morgan fingerprint density at radius 2 is 2.22 bits per heavy atom. The molecule has 4 heteroatoms. The van der Waals surface area contributed by atoms with Gasteiger partial charge in [-0.25, -0.2) is 0 Å². The number of carboxylic acid groups (broad SMARTS) is 1. The van der Waals surface area contributed by atoms with E-state index in [0.717, 1.165) is 26.1 Å². The first-order valence-electron chi connectivity index (χ1n) is 7.26. The van der Waals surface area contributed by atoms with Gasteiger partial charge in [-0.1, -0.05) is 13.8 Å². The Labute approximate surface area is 111 Å². The van der Waals surface area contributed by atoms with E-state index < -0.39 is 11.5 Å². The SMILES string of the molecule is CCCNC(C)(CCN1CCCC1CC)C(=O)O. The molecule has 0 aromatic heterocycles. The summed E-state index contributed by atoms with van der Waals surface area (Å²) in [4.78, 5) is 13.9. The lowest BCUT2D eigenvalue weighted by Gasteiger charge is -2.30. The molecular weight excluding hydrogens is 228 g/mol. The van der Waals surface area contributed by atoms with Crippen LogP contribution in [0.5, 0.6) is 0 Å². The van der Waals surface area contributed by atoms with Crippen molar-refractivity contribution in [2.45, 2.75) is 64.5 Å². The fraction of sp³-hybridized carbons (Fsp3) is 0.929. The summed E-state index contributed by atoms with van der Waals surface area (Å²) in [5, 5.41) is 12.6. The molecule has 1 heterocycles. The molecule has 106 valence electrons. The Morgan fingerprint density at radius 1 is 1.50 bits per heavy atom. The van der Waals surface area contributed by atoms with E-state index in [0.29, 0.717) is 12.5 Å². The second-order valence-electron chi connectivity index (χ2n) is 5.55. The number of aliphatic carboxylic acids is 1. The van der Waals surface area contributed by atoms with E-state index in [9.17, 15) is 9.90 Å². The highest BCUT2D eigenvalue weighted by molar-refractivity contribution is 5.78. The van der Waals surface area contributed by atoms with Crippen LogP contribution in [0.1, 0.15) is 52.9 Å². The number of likely N-dealkylation sites (tertiary alicyclic amines) is 1. The molecule has 1 aliphatic rings. The predicted molar refractivity (Wildman–Crippen MR) is 73.8 cm³/mol. The smallest absolute Gasteiger partial charge is 0.323 e. The number of hydrogen-bond donors (Lipinski definition) is 2. The minimum absolute atomic E-state index is 0.661. The highest BCUT2D eigenvalue weighted by Crippen LogP contribution is 2.22. The van der Waals surface area contributed by atoms with Crippen LogP contribution in [0.2, 0.25) is 0 Å². The van der Waals surface area contributed by atoms with E-state index >= 15 is 0 Å². The topological polar surface area (TPSA) is 52.6 Å². The zero-order valence-electron chi connectivity index (χ0n) is 12.0. The summed E-state index contributed by atoms with van der Waals surface area (Å²) in [6, 6.07) is 0.661. The van der Waals surface area contributed by atoms with Crippen molar-refractivity contribution in [3.63, 3.8) is 0 Å². The zero-order chi connectivity index (χ0) is 13.6. The molecule has 1 aliphatic heterocycles. The number of nitrogens with one attached hydrogen (secondary N) is 1. The first-order valence-corrected chi connectivity index (χ1v) is 7.26. The minimum Gasteiger partial charge on any atom is -0.480 e. The number of carbonyl (C=O) groups is 1. The molecule has 1 fully saturated rings. The van der Waals surface area contributed by atoms with Gasteiger partial charge in [0, 0.05) is 12.6 Å². The van der Waals surface area contributed by atoms with Gasteiger partial charge in [0.15, 0.2) is 0 Å². The Morgan fingerprint density at radius 3 is 2.78 bits per heavy atom. The summed E-state index contributed by atoms with van der Waals surface area (Å²) in [5.74, 6) is -0.733. The summed E-state index contributed by atoms with van der Waals surface area (Å²) in [7, 11) is 0. The number of hydrogen-bond acceptors (Lipinski definition) is 3. The summed E-state index contributed by atoms with van der Waals surface area (Å²) < 4.78 is 0. The lowest BCUT2D eigenvalue weighted by molar-refractivity contribution is -0.144. The number of carboxylic acids is 1. The van der Waals surface area contributed by atoms with Crippen LogP contribution >= 0.6 is 0 Å². The molecule has 18 heavy (non-hydrogen) atoms. The van der Waals surface area contributed by atoms with Gasteiger partial charge >= 0.3 is 5.97 Å². The van der Waals surface area contributed by atoms with Gasteiger partial charge in [0.1, 0.15) is 5.54 Å². The van der Waals surface area contributed by atoms with Crippen molar-refractivity contribution in [1.29, 1.82) is 0 Å². The molecule has 0 bridgehead atoms. The van der Waals surface area contributed by atoms with Gasteiger partial charge in [-0.2, -0.15) is 0 Å². The second kappa shape index (κ2) is 7.10. The molecule has 0 spiro atoms. The van der Waals surface area contributed by atoms with Crippen molar-refractivity contribution in [3.8, 4) is 0 Å². The van der Waals surface area contributed by atoms with Crippen LogP contribution in [0.4, 0.5) is 0 Å². The van der Waals surface area contributed by atoms with E-state index in [1.54, 1.807) is 0 Å². The maximum absolute atomic E-state index is 11.4. The van der Waals surface area contributed by atoms with Crippen LogP contribution in [0.15, 0.2) is 0 Å². The quantitative estimate of drug-likeness (QED) is 0.698. The molecule has 1 saturated heterocycles. The van der Waals surface area contributed by atoms with Gasteiger partial charge in [0.05, 0.1) is 0 Å². The monoisotopic (exact) mass is 256 g/mol. The van der Waals surface area contributed by atoms with Crippen molar-refractivity contribution >= 4 is 5.97 Å². The molecule has 2 unspecified atom stereocenters. The van der Waals surface area contributed by atoms with Gasteiger partial charge in [0.25, 0.3) is 0 Å². The first kappa shape index (κ1) is 15.4. The molecule has 2 N–H and O–H groups in total.